The summed E-state index contributed by atoms with van der Waals surface area (Å²) in [5, 5.41) is 6.02. The third-order valence-electron chi connectivity index (χ3n) is 3.97. The number of hydrogen-bond acceptors (Lipinski definition) is 3. The lowest BCUT2D eigenvalue weighted by Gasteiger charge is -2.08. The van der Waals surface area contributed by atoms with Crippen molar-refractivity contribution < 1.29 is 14.0 Å². The van der Waals surface area contributed by atoms with Crippen molar-refractivity contribution in [3.05, 3.63) is 76.5 Å². The molecule has 1 heterocycles. The van der Waals surface area contributed by atoms with Gasteiger partial charge in [0.25, 0.3) is 0 Å². The SMILES string of the molecule is O=C(CCc1ccc(-c2ccccc2)o1)NCC(=O)Nc1cc(Cl)ccc1Cl. The number of anilines is 1. The van der Waals surface area contributed by atoms with Crippen LogP contribution in [-0.4, -0.2) is 18.4 Å². The largest absolute Gasteiger partial charge is 0.461 e. The molecule has 3 rings (SSSR count). The minimum Gasteiger partial charge on any atom is -0.461 e. The lowest BCUT2D eigenvalue weighted by atomic mass is 10.2. The van der Waals surface area contributed by atoms with Crippen LogP contribution < -0.4 is 10.6 Å². The third-order valence-corrected chi connectivity index (χ3v) is 4.53. The molecular formula is C21H18Cl2N2O3. The average Bonchev–Trinajstić information content (AvgIpc) is 3.17. The summed E-state index contributed by atoms with van der Waals surface area (Å²) in [5.74, 6) is 0.838. The van der Waals surface area contributed by atoms with E-state index in [1.165, 1.54) is 0 Å². The predicted molar refractivity (Wildman–Crippen MR) is 111 cm³/mol. The first kappa shape index (κ1) is 20.0. The molecule has 7 heteroatoms. The van der Waals surface area contributed by atoms with Crippen molar-refractivity contribution >= 4 is 40.7 Å². The van der Waals surface area contributed by atoms with E-state index in [0.717, 1.165) is 11.3 Å². The van der Waals surface area contributed by atoms with Crippen LogP contribution in [0.2, 0.25) is 10.0 Å². The van der Waals surface area contributed by atoms with Crippen molar-refractivity contribution in [2.45, 2.75) is 12.8 Å². The molecule has 0 aliphatic carbocycles. The molecule has 0 aliphatic rings. The maximum absolute atomic E-state index is 12.0. The van der Waals surface area contributed by atoms with E-state index >= 15 is 0 Å². The van der Waals surface area contributed by atoms with Crippen molar-refractivity contribution in [2.75, 3.05) is 11.9 Å². The second-order valence-electron chi connectivity index (χ2n) is 6.08. The van der Waals surface area contributed by atoms with Gasteiger partial charge in [0.1, 0.15) is 11.5 Å². The van der Waals surface area contributed by atoms with Gasteiger partial charge in [0.2, 0.25) is 11.8 Å². The van der Waals surface area contributed by atoms with Gasteiger partial charge in [-0.1, -0.05) is 53.5 Å². The molecular weight excluding hydrogens is 399 g/mol. The van der Waals surface area contributed by atoms with Gasteiger partial charge >= 0.3 is 0 Å². The van der Waals surface area contributed by atoms with Gasteiger partial charge in [0.05, 0.1) is 17.3 Å². The zero-order valence-electron chi connectivity index (χ0n) is 14.9. The summed E-state index contributed by atoms with van der Waals surface area (Å²) in [4.78, 5) is 24.0. The Morgan fingerprint density at radius 1 is 0.929 bits per heavy atom. The van der Waals surface area contributed by atoms with Crippen LogP contribution in [0.25, 0.3) is 11.3 Å². The number of furan rings is 1. The molecule has 2 amide bonds. The second kappa shape index (κ2) is 9.44. The molecule has 1 aromatic heterocycles. The molecule has 0 fully saturated rings. The monoisotopic (exact) mass is 416 g/mol. The Labute approximate surface area is 172 Å². The quantitative estimate of drug-likeness (QED) is 0.572. The molecule has 0 unspecified atom stereocenters. The van der Waals surface area contributed by atoms with Gasteiger partial charge in [-0.25, -0.2) is 0 Å². The van der Waals surface area contributed by atoms with Crippen molar-refractivity contribution in [1.29, 1.82) is 0 Å². The van der Waals surface area contributed by atoms with E-state index in [4.69, 9.17) is 27.6 Å². The highest BCUT2D eigenvalue weighted by Crippen LogP contribution is 2.25. The van der Waals surface area contributed by atoms with Crippen LogP contribution in [-0.2, 0) is 16.0 Å². The first-order chi connectivity index (χ1) is 13.5. The van der Waals surface area contributed by atoms with Crippen molar-refractivity contribution in [1.82, 2.24) is 5.32 Å². The Bertz CT molecular complexity index is 971. The van der Waals surface area contributed by atoms with Crippen molar-refractivity contribution in [2.24, 2.45) is 0 Å². The summed E-state index contributed by atoms with van der Waals surface area (Å²) in [6, 6.07) is 18.2. The van der Waals surface area contributed by atoms with E-state index in [1.807, 2.05) is 42.5 Å². The Hall–Kier alpha value is -2.76. The maximum Gasteiger partial charge on any atom is 0.243 e. The van der Waals surface area contributed by atoms with Crippen molar-refractivity contribution in [3.8, 4) is 11.3 Å². The molecule has 5 nitrogen and oxygen atoms in total. The van der Waals surface area contributed by atoms with Gasteiger partial charge in [-0.3, -0.25) is 9.59 Å². The number of nitrogens with one attached hydrogen (secondary N) is 2. The molecule has 0 saturated carbocycles. The molecule has 0 spiro atoms. The number of hydrogen-bond donors (Lipinski definition) is 2. The highest BCUT2D eigenvalue weighted by molar-refractivity contribution is 6.35. The van der Waals surface area contributed by atoms with Gasteiger partial charge in [0, 0.05) is 23.4 Å². The first-order valence-electron chi connectivity index (χ1n) is 8.67. The molecule has 2 N–H and O–H groups in total. The molecule has 2 aromatic carbocycles. The number of carbonyl (C=O) groups excluding carboxylic acids is 2. The Kier molecular flexibility index (Phi) is 6.74. The van der Waals surface area contributed by atoms with Gasteiger partial charge in [0.15, 0.2) is 0 Å². The third kappa shape index (κ3) is 5.62. The van der Waals surface area contributed by atoms with Crippen LogP contribution in [0.5, 0.6) is 0 Å². The molecule has 3 aromatic rings. The average molecular weight is 417 g/mol. The van der Waals surface area contributed by atoms with Crippen LogP contribution in [0, 0.1) is 0 Å². The minimum absolute atomic E-state index is 0.158. The molecule has 0 atom stereocenters. The van der Waals surface area contributed by atoms with Crippen LogP contribution in [0.3, 0.4) is 0 Å². The summed E-state index contributed by atoms with van der Waals surface area (Å²) < 4.78 is 5.76. The predicted octanol–water partition coefficient (Wildman–Crippen LogP) is 4.94. The van der Waals surface area contributed by atoms with E-state index < -0.39 is 0 Å². The van der Waals surface area contributed by atoms with Crippen LogP contribution >= 0.6 is 23.2 Å². The van der Waals surface area contributed by atoms with E-state index in [-0.39, 0.29) is 24.8 Å². The summed E-state index contributed by atoms with van der Waals surface area (Å²) in [6.45, 7) is -0.158. The fourth-order valence-electron chi connectivity index (χ4n) is 2.56. The first-order valence-corrected chi connectivity index (χ1v) is 9.42. The lowest BCUT2D eigenvalue weighted by Crippen LogP contribution is -2.33. The lowest BCUT2D eigenvalue weighted by molar-refractivity contribution is -0.124. The zero-order valence-corrected chi connectivity index (χ0v) is 16.4. The highest BCUT2D eigenvalue weighted by atomic mass is 35.5. The minimum atomic E-state index is -0.387. The topological polar surface area (TPSA) is 71.3 Å². The summed E-state index contributed by atoms with van der Waals surface area (Å²) in [7, 11) is 0. The van der Waals surface area contributed by atoms with E-state index in [1.54, 1.807) is 18.2 Å². The number of aryl methyl sites for hydroxylation is 1. The van der Waals surface area contributed by atoms with Gasteiger partial charge in [-0.15, -0.1) is 0 Å². The maximum atomic E-state index is 12.0. The highest BCUT2D eigenvalue weighted by Gasteiger charge is 2.10. The fraction of sp³-hybridized carbons (Fsp3) is 0.143. The molecule has 0 radical (unpaired) electrons. The fourth-order valence-corrected chi connectivity index (χ4v) is 2.90. The van der Waals surface area contributed by atoms with Crippen molar-refractivity contribution in [3.63, 3.8) is 0 Å². The summed E-state index contributed by atoms with van der Waals surface area (Å²) in [6.07, 6.45) is 0.660. The second-order valence-corrected chi connectivity index (χ2v) is 6.92. The number of benzene rings is 2. The van der Waals surface area contributed by atoms with Gasteiger partial charge in [-0.05, 0) is 30.3 Å². The molecule has 144 valence electrons. The summed E-state index contributed by atoms with van der Waals surface area (Å²) >= 11 is 11.9. The molecule has 0 saturated heterocycles. The Morgan fingerprint density at radius 3 is 2.50 bits per heavy atom. The molecule has 0 bridgehead atoms. The number of rotatable bonds is 7. The summed E-state index contributed by atoms with van der Waals surface area (Å²) in [5.41, 5.74) is 1.38. The molecule has 28 heavy (non-hydrogen) atoms. The van der Waals surface area contributed by atoms with Gasteiger partial charge < -0.3 is 15.1 Å². The van der Waals surface area contributed by atoms with E-state index in [0.29, 0.717) is 27.9 Å². The van der Waals surface area contributed by atoms with Crippen LogP contribution in [0.15, 0.2) is 65.1 Å². The smallest absolute Gasteiger partial charge is 0.243 e. The Morgan fingerprint density at radius 2 is 1.71 bits per heavy atom. The molecule has 0 aliphatic heterocycles. The normalized spacial score (nSPS) is 10.5. The number of halogens is 2. The van der Waals surface area contributed by atoms with E-state index in [9.17, 15) is 9.59 Å². The number of carbonyl (C=O) groups is 2. The Balaban J connectivity index is 1.44. The van der Waals surface area contributed by atoms with Crippen LogP contribution in [0.4, 0.5) is 5.69 Å². The van der Waals surface area contributed by atoms with E-state index in [2.05, 4.69) is 10.6 Å². The van der Waals surface area contributed by atoms with Gasteiger partial charge in [-0.2, -0.15) is 0 Å². The standard InChI is InChI=1S/C21H18Cl2N2O3/c22-15-6-9-17(23)18(12-15)25-21(27)13-24-20(26)11-8-16-7-10-19(28-16)14-4-2-1-3-5-14/h1-7,9-10,12H,8,11,13H2,(H,24,26)(H,25,27). The number of amides is 2. The zero-order chi connectivity index (χ0) is 19.9. The van der Waals surface area contributed by atoms with Crippen LogP contribution in [0.1, 0.15) is 12.2 Å².